The van der Waals surface area contributed by atoms with E-state index in [1.807, 2.05) is 0 Å². The van der Waals surface area contributed by atoms with Gasteiger partial charge < -0.3 is 10.5 Å². The molecule has 1 aromatic rings. The average Bonchev–Trinajstić information content (AvgIpc) is 2.46. The van der Waals surface area contributed by atoms with Gasteiger partial charge in [0.25, 0.3) is 0 Å². The lowest BCUT2D eigenvalue weighted by atomic mass is 9.89. The highest BCUT2D eigenvalue weighted by Crippen LogP contribution is 2.28. The molecule has 19 heavy (non-hydrogen) atoms. The SMILES string of the molecule is COCC(c1ccccc1)N1CCC(C(C)N)CC1. The second-order valence-electron chi connectivity index (χ2n) is 5.61. The summed E-state index contributed by atoms with van der Waals surface area (Å²) in [6.07, 6.45) is 2.40. The van der Waals surface area contributed by atoms with Gasteiger partial charge in [0.2, 0.25) is 0 Å². The number of piperidine rings is 1. The van der Waals surface area contributed by atoms with Crippen LogP contribution in [0, 0.1) is 5.92 Å². The van der Waals surface area contributed by atoms with Gasteiger partial charge in [-0.15, -0.1) is 0 Å². The second-order valence-corrected chi connectivity index (χ2v) is 5.61. The van der Waals surface area contributed by atoms with Crippen molar-refractivity contribution in [2.45, 2.75) is 31.8 Å². The largest absolute Gasteiger partial charge is 0.383 e. The lowest BCUT2D eigenvalue weighted by Gasteiger charge is -2.38. The molecule has 2 rings (SSSR count). The zero-order chi connectivity index (χ0) is 13.7. The van der Waals surface area contributed by atoms with Crippen LogP contribution in [0.1, 0.15) is 31.4 Å². The van der Waals surface area contributed by atoms with Crippen molar-refractivity contribution in [3.05, 3.63) is 35.9 Å². The van der Waals surface area contributed by atoms with Gasteiger partial charge in [-0.05, 0) is 44.3 Å². The fourth-order valence-electron chi connectivity index (χ4n) is 3.00. The molecule has 2 atom stereocenters. The molecule has 1 fully saturated rings. The van der Waals surface area contributed by atoms with Crippen LogP contribution in [0.4, 0.5) is 0 Å². The molecule has 2 unspecified atom stereocenters. The summed E-state index contributed by atoms with van der Waals surface area (Å²) in [5.74, 6) is 0.676. The molecule has 3 nitrogen and oxygen atoms in total. The Balaban J connectivity index is 2.01. The number of nitrogens with zero attached hydrogens (tertiary/aromatic N) is 1. The van der Waals surface area contributed by atoms with Crippen LogP contribution in [0.25, 0.3) is 0 Å². The van der Waals surface area contributed by atoms with Crippen LogP contribution in [-0.2, 0) is 4.74 Å². The van der Waals surface area contributed by atoms with E-state index in [1.165, 1.54) is 18.4 Å². The van der Waals surface area contributed by atoms with Crippen molar-refractivity contribution in [2.75, 3.05) is 26.8 Å². The highest BCUT2D eigenvalue weighted by atomic mass is 16.5. The highest BCUT2D eigenvalue weighted by molar-refractivity contribution is 5.19. The third kappa shape index (κ3) is 3.78. The molecule has 0 radical (unpaired) electrons. The number of nitrogens with two attached hydrogens (primary N) is 1. The maximum atomic E-state index is 6.02. The Bertz CT molecular complexity index is 358. The number of benzene rings is 1. The summed E-state index contributed by atoms with van der Waals surface area (Å²) >= 11 is 0. The Morgan fingerprint density at radius 2 is 1.89 bits per heavy atom. The van der Waals surface area contributed by atoms with Gasteiger partial charge in [-0.2, -0.15) is 0 Å². The molecular weight excluding hydrogens is 236 g/mol. The minimum absolute atomic E-state index is 0.319. The predicted octanol–water partition coefficient (Wildman–Crippen LogP) is 2.43. The van der Waals surface area contributed by atoms with Crippen LogP contribution in [0.3, 0.4) is 0 Å². The van der Waals surface area contributed by atoms with Crippen molar-refractivity contribution in [3.8, 4) is 0 Å². The molecule has 0 spiro atoms. The monoisotopic (exact) mass is 262 g/mol. The van der Waals surface area contributed by atoms with Crippen molar-refractivity contribution in [3.63, 3.8) is 0 Å². The minimum Gasteiger partial charge on any atom is -0.383 e. The maximum absolute atomic E-state index is 6.02. The van der Waals surface area contributed by atoms with Crippen LogP contribution in [0.5, 0.6) is 0 Å². The average molecular weight is 262 g/mol. The standard InChI is InChI=1S/C16H26N2O/c1-13(17)14-8-10-18(11-9-14)16(12-19-2)15-6-4-3-5-7-15/h3-7,13-14,16H,8-12,17H2,1-2H3. The van der Waals surface area contributed by atoms with Crippen molar-refractivity contribution in [1.82, 2.24) is 4.90 Å². The predicted molar refractivity (Wildman–Crippen MR) is 79.0 cm³/mol. The first kappa shape index (κ1) is 14.5. The van der Waals surface area contributed by atoms with Crippen molar-refractivity contribution in [2.24, 2.45) is 11.7 Å². The summed E-state index contributed by atoms with van der Waals surface area (Å²) in [5.41, 5.74) is 7.37. The summed E-state index contributed by atoms with van der Waals surface area (Å²) in [4.78, 5) is 2.54. The van der Waals surface area contributed by atoms with Gasteiger partial charge >= 0.3 is 0 Å². The fraction of sp³-hybridized carbons (Fsp3) is 0.625. The third-order valence-corrected chi connectivity index (χ3v) is 4.27. The van der Waals surface area contributed by atoms with Crippen LogP contribution >= 0.6 is 0 Å². The van der Waals surface area contributed by atoms with E-state index in [-0.39, 0.29) is 0 Å². The summed E-state index contributed by atoms with van der Waals surface area (Å²) in [7, 11) is 1.78. The van der Waals surface area contributed by atoms with E-state index in [4.69, 9.17) is 10.5 Å². The number of ether oxygens (including phenoxy) is 1. The smallest absolute Gasteiger partial charge is 0.0659 e. The fourth-order valence-corrected chi connectivity index (χ4v) is 3.00. The van der Waals surface area contributed by atoms with E-state index < -0.39 is 0 Å². The minimum atomic E-state index is 0.319. The van der Waals surface area contributed by atoms with E-state index in [2.05, 4.69) is 42.2 Å². The number of hydrogen-bond donors (Lipinski definition) is 1. The molecule has 0 amide bonds. The zero-order valence-electron chi connectivity index (χ0n) is 12.1. The molecule has 1 heterocycles. The topological polar surface area (TPSA) is 38.5 Å². The molecule has 0 aromatic heterocycles. The van der Waals surface area contributed by atoms with Crippen molar-refractivity contribution in [1.29, 1.82) is 0 Å². The molecule has 1 aliphatic heterocycles. The van der Waals surface area contributed by atoms with Crippen LogP contribution in [0.2, 0.25) is 0 Å². The van der Waals surface area contributed by atoms with Gasteiger partial charge in [0.05, 0.1) is 12.6 Å². The first-order valence-electron chi connectivity index (χ1n) is 7.26. The summed E-state index contributed by atoms with van der Waals surface area (Å²) in [5, 5.41) is 0. The van der Waals surface area contributed by atoms with Crippen molar-refractivity contribution < 1.29 is 4.74 Å². The Hall–Kier alpha value is -0.900. The molecule has 3 heteroatoms. The number of likely N-dealkylation sites (tertiary alicyclic amines) is 1. The molecule has 1 saturated heterocycles. The normalized spacial score (nSPS) is 21.2. The van der Waals surface area contributed by atoms with E-state index in [0.29, 0.717) is 18.0 Å². The zero-order valence-corrected chi connectivity index (χ0v) is 12.1. The lowest BCUT2D eigenvalue weighted by molar-refractivity contribution is 0.0613. The van der Waals surface area contributed by atoms with Crippen LogP contribution in [-0.4, -0.2) is 37.7 Å². The summed E-state index contributed by atoms with van der Waals surface area (Å²) < 4.78 is 5.42. The van der Waals surface area contributed by atoms with Crippen LogP contribution in [0.15, 0.2) is 30.3 Å². The van der Waals surface area contributed by atoms with Crippen LogP contribution < -0.4 is 5.73 Å². The Morgan fingerprint density at radius 1 is 1.26 bits per heavy atom. The Labute approximate surface area is 116 Å². The molecule has 1 aliphatic rings. The first-order valence-corrected chi connectivity index (χ1v) is 7.26. The van der Waals surface area contributed by atoms with E-state index in [9.17, 15) is 0 Å². The second kappa shape index (κ2) is 7.04. The molecule has 0 aliphatic carbocycles. The van der Waals surface area contributed by atoms with E-state index >= 15 is 0 Å². The summed E-state index contributed by atoms with van der Waals surface area (Å²) in [6, 6.07) is 11.4. The first-order chi connectivity index (χ1) is 9.22. The molecule has 0 bridgehead atoms. The maximum Gasteiger partial charge on any atom is 0.0659 e. The van der Waals surface area contributed by atoms with E-state index in [0.717, 1.165) is 19.7 Å². The Kier molecular flexibility index (Phi) is 5.37. The number of methoxy groups -OCH3 is 1. The number of rotatable bonds is 5. The van der Waals surface area contributed by atoms with Gasteiger partial charge in [-0.3, -0.25) is 4.90 Å². The highest BCUT2D eigenvalue weighted by Gasteiger charge is 2.27. The molecule has 1 aromatic carbocycles. The van der Waals surface area contributed by atoms with Gasteiger partial charge in [-0.25, -0.2) is 0 Å². The third-order valence-electron chi connectivity index (χ3n) is 4.27. The Morgan fingerprint density at radius 3 is 2.42 bits per heavy atom. The van der Waals surface area contributed by atoms with E-state index in [1.54, 1.807) is 7.11 Å². The van der Waals surface area contributed by atoms with Gasteiger partial charge in [0, 0.05) is 13.2 Å². The summed E-state index contributed by atoms with van der Waals surface area (Å²) in [6.45, 7) is 5.13. The molecule has 0 saturated carbocycles. The molecule has 106 valence electrons. The number of hydrogen-bond acceptors (Lipinski definition) is 3. The molecule has 2 N–H and O–H groups in total. The van der Waals surface area contributed by atoms with Gasteiger partial charge in [0.15, 0.2) is 0 Å². The lowest BCUT2D eigenvalue weighted by Crippen LogP contribution is -2.42. The van der Waals surface area contributed by atoms with Crippen molar-refractivity contribution >= 4 is 0 Å². The quantitative estimate of drug-likeness (QED) is 0.885. The van der Waals surface area contributed by atoms with Gasteiger partial charge in [0.1, 0.15) is 0 Å². The molecular formula is C16H26N2O. The van der Waals surface area contributed by atoms with Gasteiger partial charge in [-0.1, -0.05) is 30.3 Å².